The molecule has 0 spiro atoms. The van der Waals surface area contributed by atoms with Crippen molar-refractivity contribution < 1.29 is 4.42 Å². The van der Waals surface area contributed by atoms with Gasteiger partial charge >= 0.3 is 0 Å². The van der Waals surface area contributed by atoms with E-state index in [1.54, 1.807) is 0 Å². The molecule has 3 aromatic heterocycles. The van der Waals surface area contributed by atoms with Crippen molar-refractivity contribution in [2.75, 3.05) is 0 Å². The minimum atomic E-state index is 0.469. The van der Waals surface area contributed by atoms with E-state index in [0.717, 1.165) is 77.5 Å². The van der Waals surface area contributed by atoms with Crippen molar-refractivity contribution in [1.29, 1.82) is 0 Å². The van der Waals surface area contributed by atoms with Crippen LogP contribution in [0.3, 0.4) is 0 Å². The molecule has 3 heterocycles. The van der Waals surface area contributed by atoms with Gasteiger partial charge in [0.1, 0.15) is 0 Å². The topological polar surface area (TPSA) is 69.6 Å². The van der Waals surface area contributed by atoms with E-state index in [9.17, 15) is 0 Å². The molecule has 0 aliphatic rings. The molecule has 64 heavy (non-hydrogen) atoms. The first-order valence-electron chi connectivity index (χ1n) is 21.5. The lowest BCUT2D eigenvalue weighted by Crippen LogP contribution is -1.96. The van der Waals surface area contributed by atoms with Crippen LogP contribution in [0.1, 0.15) is 0 Å². The highest BCUT2D eigenvalue weighted by Crippen LogP contribution is 2.40. The van der Waals surface area contributed by atoms with Gasteiger partial charge in [0.2, 0.25) is 11.8 Å². The van der Waals surface area contributed by atoms with E-state index in [-0.39, 0.29) is 0 Å². The summed E-state index contributed by atoms with van der Waals surface area (Å²) in [6.45, 7) is 0. The van der Waals surface area contributed by atoms with Crippen LogP contribution in [0.4, 0.5) is 0 Å². The second kappa shape index (κ2) is 14.4. The van der Waals surface area contributed by atoms with E-state index in [2.05, 4.69) is 185 Å². The Morgan fingerprint density at radius 3 is 1.53 bits per heavy atom. The number of benzene rings is 10. The second-order valence-electron chi connectivity index (χ2n) is 16.3. The fraction of sp³-hybridized carbons (Fsp3) is 0. The van der Waals surface area contributed by atoms with Crippen LogP contribution in [0, 0.1) is 0 Å². The fourth-order valence-corrected chi connectivity index (χ4v) is 9.55. The van der Waals surface area contributed by atoms with Gasteiger partial charge in [0.15, 0.2) is 5.82 Å². The highest BCUT2D eigenvalue weighted by atomic mass is 16.4. The van der Waals surface area contributed by atoms with Gasteiger partial charge in [0.25, 0.3) is 0 Å². The van der Waals surface area contributed by atoms with Crippen molar-refractivity contribution in [3.05, 3.63) is 212 Å². The third-order valence-corrected chi connectivity index (χ3v) is 12.5. The zero-order chi connectivity index (χ0) is 42.1. The summed E-state index contributed by atoms with van der Waals surface area (Å²) >= 11 is 0. The number of fused-ring (bicyclic) bond motifs is 10. The Hall–Kier alpha value is -8.74. The molecular formula is C58H35N5O. The summed E-state index contributed by atoms with van der Waals surface area (Å²) in [6.07, 6.45) is 0. The van der Waals surface area contributed by atoms with Crippen LogP contribution in [0.2, 0.25) is 0 Å². The third-order valence-electron chi connectivity index (χ3n) is 12.5. The minimum absolute atomic E-state index is 0.469. The molecule has 13 rings (SSSR count). The van der Waals surface area contributed by atoms with Gasteiger partial charge in [0.05, 0.1) is 22.2 Å². The molecule has 10 aromatic carbocycles. The molecule has 0 bridgehead atoms. The van der Waals surface area contributed by atoms with Crippen LogP contribution in [-0.4, -0.2) is 24.7 Å². The SMILES string of the molecule is c1ccc(-c2nnc(-c3ccc4c(c3)c3cc(-c5nc(-c6cccc(-c7ccc8c9ccccc9c9ccccc9c8c7)c6)nc6ccccc56)ccc3n4-c3ccccc3)o2)cc1. The van der Waals surface area contributed by atoms with Gasteiger partial charge in [-0.25, -0.2) is 9.97 Å². The number of para-hydroxylation sites is 2. The molecule has 0 fully saturated rings. The van der Waals surface area contributed by atoms with Gasteiger partial charge in [-0.2, -0.15) is 0 Å². The molecule has 13 aromatic rings. The van der Waals surface area contributed by atoms with Crippen LogP contribution < -0.4 is 0 Å². The van der Waals surface area contributed by atoms with Gasteiger partial charge in [0, 0.05) is 44.1 Å². The quantitative estimate of drug-likeness (QED) is 0.156. The standard InChI is InChI=1S/C58H35N5O/c1-3-14-36(15-4-1)57-61-62-58(64-57)41-28-31-54-51(35-41)50-34-39(27-30-53(50)63(54)42-18-5-2-6-19-42)55-48-24-11-12-25-52(48)59-56(60-55)40-17-13-16-37(32-40)38-26-29-47-45-22-8-7-20-43(45)44-21-9-10-23-46(44)49(47)33-38/h1-35H. The minimum Gasteiger partial charge on any atom is -0.416 e. The third kappa shape index (κ3) is 5.81. The summed E-state index contributed by atoms with van der Waals surface area (Å²) in [6, 6.07) is 74.6. The highest BCUT2D eigenvalue weighted by molar-refractivity contribution is 6.25. The Labute approximate surface area is 367 Å². The first-order valence-corrected chi connectivity index (χ1v) is 21.5. The maximum Gasteiger partial charge on any atom is 0.248 e. The van der Waals surface area contributed by atoms with Crippen molar-refractivity contribution in [1.82, 2.24) is 24.7 Å². The first-order chi connectivity index (χ1) is 31.7. The van der Waals surface area contributed by atoms with E-state index in [0.29, 0.717) is 17.6 Å². The van der Waals surface area contributed by atoms with Gasteiger partial charge in [-0.05, 0) is 116 Å². The monoisotopic (exact) mass is 817 g/mol. The molecule has 0 amide bonds. The Balaban J connectivity index is 0.956. The maximum atomic E-state index is 6.25. The van der Waals surface area contributed by atoms with Gasteiger partial charge in [-0.1, -0.05) is 140 Å². The summed E-state index contributed by atoms with van der Waals surface area (Å²) in [5.74, 6) is 1.63. The Morgan fingerprint density at radius 2 is 0.812 bits per heavy atom. The Bertz CT molecular complexity index is 3930. The molecule has 0 unspecified atom stereocenters. The second-order valence-corrected chi connectivity index (χ2v) is 16.3. The lowest BCUT2D eigenvalue weighted by molar-refractivity contribution is 0.584. The number of hydrogen-bond acceptors (Lipinski definition) is 5. The van der Waals surface area contributed by atoms with Gasteiger partial charge in [-0.3, -0.25) is 0 Å². The van der Waals surface area contributed by atoms with Crippen LogP contribution in [-0.2, 0) is 0 Å². The molecule has 6 heteroatoms. The Morgan fingerprint density at radius 1 is 0.312 bits per heavy atom. The number of aromatic nitrogens is 5. The summed E-state index contributed by atoms with van der Waals surface area (Å²) in [5.41, 5.74) is 10.9. The lowest BCUT2D eigenvalue weighted by atomic mass is 9.92. The normalized spacial score (nSPS) is 11.8. The summed E-state index contributed by atoms with van der Waals surface area (Å²) in [7, 11) is 0. The number of rotatable bonds is 6. The first kappa shape index (κ1) is 36.0. The zero-order valence-electron chi connectivity index (χ0n) is 34.4. The van der Waals surface area contributed by atoms with Crippen molar-refractivity contribution in [3.8, 4) is 62.4 Å². The van der Waals surface area contributed by atoms with E-state index in [1.165, 1.54) is 32.3 Å². The fourth-order valence-electron chi connectivity index (χ4n) is 9.55. The van der Waals surface area contributed by atoms with Crippen molar-refractivity contribution >= 4 is 65.0 Å². The average Bonchev–Trinajstić information content (AvgIpc) is 4.00. The molecule has 0 N–H and O–H groups in total. The van der Waals surface area contributed by atoms with E-state index in [4.69, 9.17) is 14.4 Å². The van der Waals surface area contributed by atoms with Crippen molar-refractivity contribution in [3.63, 3.8) is 0 Å². The molecule has 0 aliphatic carbocycles. The smallest absolute Gasteiger partial charge is 0.248 e. The molecule has 6 nitrogen and oxygen atoms in total. The lowest BCUT2D eigenvalue weighted by Gasteiger charge is -2.13. The number of nitrogens with zero attached hydrogens (tertiary/aromatic N) is 5. The predicted octanol–water partition coefficient (Wildman–Crippen LogP) is 14.9. The molecule has 0 atom stereocenters. The molecule has 0 aliphatic heterocycles. The van der Waals surface area contributed by atoms with E-state index in [1.807, 2.05) is 42.5 Å². The van der Waals surface area contributed by atoms with Crippen LogP contribution in [0.25, 0.3) is 127 Å². The van der Waals surface area contributed by atoms with E-state index < -0.39 is 0 Å². The molecule has 0 saturated carbocycles. The molecule has 0 saturated heterocycles. The maximum absolute atomic E-state index is 6.25. The van der Waals surface area contributed by atoms with Crippen LogP contribution in [0.5, 0.6) is 0 Å². The van der Waals surface area contributed by atoms with Gasteiger partial charge < -0.3 is 8.98 Å². The highest BCUT2D eigenvalue weighted by Gasteiger charge is 2.19. The van der Waals surface area contributed by atoms with Crippen LogP contribution in [0.15, 0.2) is 217 Å². The van der Waals surface area contributed by atoms with Crippen molar-refractivity contribution in [2.24, 2.45) is 0 Å². The Kier molecular flexibility index (Phi) is 8.11. The van der Waals surface area contributed by atoms with Crippen molar-refractivity contribution in [2.45, 2.75) is 0 Å². The molecule has 298 valence electrons. The summed E-state index contributed by atoms with van der Waals surface area (Å²) < 4.78 is 8.56. The summed E-state index contributed by atoms with van der Waals surface area (Å²) in [5, 5.41) is 19.6. The number of hydrogen-bond donors (Lipinski definition) is 0. The predicted molar refractivity (Wildman–Crippen MR) is 261 cm³/mol. The zero-order valence-corrected chi connectivity index (χ0v) is 34.4. The molecule has 0 radical (unpaired) electrons. The largest absolute Gasteiger partial charge is 0.416 e. The van der Waals surface area contributed by atoms with E-state index >= 15 is 0 Å². The summed E-state index contributed by atoms with van der Waals surface area (Å²) in [4.78, 5) is 10.6. The van der Waals surface area contributed by atoms with Gasteiger partial charge in [-0.15, -0.1) is 10.2 Å². The van der Waals surface area contributed by atoms with Crippen LogP contribution >= 0.6 is 0 Å². The average molecular weight is 818 g/mol. The molecular weight excluding hydrogens is 783 g/mol.